The standard InChI is InChI=1S/C4H9NO2S.Cu/c1-2(8)3(5)4(6)7;/h2-3,8H,5H2,1H3,(H,6,7);/t2?,3-;/m0./s1. The summed E-state index contributed by atoms with van der Waals surface area (Å²) < 4.78 is 0. The first-order valence-electron chi connectivity index (χ1n) is 2.22. The monoisotopic (exact) mass is 198 g/mol. The molecule has 3 nitrogen and oxygen atoms in total. The molecular weight excluding hydrogens is 190 g/mol. The van der Waals surface area contributed by atoms with Gasteiger partial charge in [-0.25, -0.2) is 0 Å². The van der Waals surface area contributed by atoms with Gasteiger partial charge in [-0.1, -0.05) is 6.92 Å². The van der Waals surface area contributed by atoms with Crippen molar-refractivity contribution in [2.24, 2.45) is 5.73 Å². The first-order chi connectivity index (χ1) is 3.55. The van der Waals surface area contributed by atoms with Crippen molar-refractivity contribution in [1.82, 2.24) is 0 Å². The molecular formula is C4H9CuNO2S. The van der Waals surface area contributed by atoms with Crippen LogP contribution in [0.2, 0.25) is 0 Å². The molecule has 0 fully saturated rings. The van der Waals surface area contributed by atoms with Crippen molar-refractivity contribution in [1.29, 1.82) is 0 Å². The molecule has 1 unspecified atom stereocenters. The van der Waals surface area contributed by atoms with Gasteiger partial charge in [0.25, 0.3) is 0 Å². The van der Waals surface area contributed by atoms with Crippen LogP contribution in [0.25, 0.3) is 0 Å². The third kappa shape index (κ3) is 4.78. The molecule has 5 heteroatoms. The summed E-state index contributed by atoms with van der Waals surface area (Å²) in [5.41, 5.74) is 5.08. The van der Waals surface area contributed by atoms with Crippen molar-refractivity contribution in [3.05, 3.63) is 0 Å². The van der Waals surface area contributed by atoms with Crippen molar-refractivity contribution in [2.45, 2.75) is 18.2 Å². The Morgan fingerprint density at radius 2 is 2.11 bits per heavy atom. The van der Waals surface area contributed by atoms with E-state index >= 15 is 0 Å². The summed E-state index contributed by atoms with van der Waals surface area (Å²) in [6.45, 7) is 1.64. The van der Waals surface area contributed by atoms with E-state index in [1.54, 1.807) is 6.92 Å². The third-order valence-corrected chi connectivity index (χ3v) is 1.13. The normalized spacial score (nSPS) is 15.4. The number of carboxylic acid groups (broad SMARTS) is 1. The molecule has 3 N–H and O–H groups in total. The van der Waals surface area contributed by atoms with Gasteiger partial charge in [0.2, 0.25) is 0 Å². The van der Waals surface area contributed by atoms with Crippen molar-refractivity contribution >= 4 is 18.6 Å². The Hall–Kier alpha value is 0.299. The quantitative estimate of drug-likeness (QED) is 0.422. The van der Waals surface area contributed by atoms with E-state index in [1.807, 2.05) is 0 Å². The summed E-state index contributed by atoms with van der Waals surface area (Å²) in [5.74, 6) is -1.01. The second kappa shape index (κ2) is 5.11. The molecule has 1 radical (unpaired) electrons. The van der Waals surface area contributed by atoms with Gasteiger partial charge in [0.1, 0.15) is 6.04 Å². The molecule has 0 aliphatic carbocycles. The van der Waals surface area contributed by atoms with Crippen LogP contribution in [0.1, 0.15) is 6.92 Å². The molecule has 0 aliphatic heterocycles. The van der Waals surface area contributed by atoms with Gasteiger partial charge in [-0.2, -0.15) is 12.6 Å². The van der Waals surface area contributed by atoms with Gasteiger partial charge in [0.15, 0.2) is 0 Å². The molecule has 2 atom stereocenters. The summed E-state index contributed by atoms with van der Waals surface area (Å²) in [5, 5.41) is 7.89. The molecule has 0 aliphatic rings. The zero-order valence-electron chi connectivity index (χ0n) is 4.84. The number of rotatable bonds is 2. The molecule has 0 aromatic rings. The van der Waals surface area contributed by atoms with Gasteiger partial charge in [-0.15, -0.1) is 0 Å². The molecule has 0 aromatic heterocycles. The minimum atomic E-state index is -1.01. The van der Waals surface area contributed by atoms with Gasteiger partial charge in [0, 0.05) is 22.3 Å². The van der Waals surface area contributed by atoms with Gasteiger partial charge in [0.05, 0.1) is 0 Å². The maximum atomic E-state index is 9.97. The fraction of sp³-hybridized carbons (Fsp3) is 0.750. The largest absolute Gasteiger partial charge is 0.480 e. The minimum Gasteiger partial charge on any atom is -0.480 e. The Morgan fingerprint density at radius 1 is 1.78 bits per heavy atom. The van der Waals surface area contributed by atoms with E-state index in [4.69, 9.17) is 10.8 Å². The van der Waals surface area contributed by atoms with E-state index in [0.29, 0.717) is 0 Å². The van der Waals surface area contributed by atoms with E-state index in [1.165, 1.54) is 0 Å². The van der Waals surface area contributed by atoms with Crippen LogP contribution in [0, 0.1) is 0 Å². The van der Waals surface area contributed by atoms with Crippen molar-refractivity contribution in [3.8, 4) is 0 Å². The molecule has 9 heavy (non-hydrogen) atoms. The Kier molecular flexibility index (Phi) is 6.83. The molecule has 0 saturated heterocycles. The molecule has 0 rings (SSSR count). The van der Waals surface area contributed by atoms with E-state index in [0.717, 1.165) is 0 Å². The van der Waals surface area contributed by atoms with Crippen LogP contribution in [0.5, 0.6) is 0 Å². The maximum absolute atomic E-state index is 9.97. The predicted octanol–water partition coefficient (Wildman–Crippen LogP) is -0.286. The van der Waals surface area contributed by atoms with Crippen LogP contribution in [-0.2, 0) is 21.9 Å². The average Bonchev–Trinajstić information content (AvgIpc) is 1.64. The molecule has 0 heterocycles. The number of hydrogen-bond acceptors (Lipinski definition) is 3. The van der Waals surface area contributed by atoms with E-state index in [2.05, 4.69) is 12.6 Å². The van der Waals surface area contributed by atoms with Crippen molar-refractivity contribution in [2.75, 3.05) is 0 Å². The van der Waals surface area contributed by atoms with Gasteiger partial charge in [-0.3, -0.25) is 4.79 Å². The van der Waals surface area contributed by atoms with E-state index in [-0.39, 0.29) is 22.3 Å². The number of carboxylic acids is 1. The Morgan fingerprint density at radius 3 is 2.11 bits per heavy atom. The van der Waals surface area contributed by atoms with Crippen LogP contribution >= 0.6 is 12.6 Å². The molecule has 0 amide bonds. The minimum absolute atomic E-state index is 0. The predicted molar refractivity (Wildman–Crippen MR) is 34.1 cm³/mol. The molecule has 0 aromatic carbocycles. The van der Waals surface area contributed by atoms with Crippen molar-refractivity contribution < 1.29 is 27.0 Å². The number of hydrogen-bond donors (Lipinski definition) is 3. The summed E-state index contributed by atoms with van der Waals surface area (Å²) >= 11 is 3.83. The Balaban J connectivity index is 0. The second-order valence-corrected chi connectivity index (χ2v) is 2.42. The Labute approximate surface area is 69.9 Å². The maximum Gasteiger partial charge on any atom is 0.321 e. The topological polar surface area (TPSA) is 63.3 Å². The second-order valence-electron chi connectivity index (χ2n) is 1.60. The summed E-state index contributed by atoms with van der Waals surface area (Å²) in [4.78, 5) is 9.97. The number of thiol groups is 1. The van der Waals surface area contributed by atoms with Crippen molar-refractivity contribution in [3.63, 3.8) is 0 Å². The molecule has 0 bridgehead atoms. The number of carbonyl (C=O) groups is 1. The van der Waals surface area contributed by atoms with Crippen LogP contribution in [0.15, 0.2) is 0 Å². The molecule has 0 saturated carbocycles. The zero-order valence-corrected chi connectivity index (χ0v) is 6.67. The fourth-order valence-corrected chi connectivity index (χ4v) is 0.334. The third-order valence-electron chi connectivity index (χ3n) is 0.805. The number of aliphatic carboxylic acids is 1. The fourth-order valence-electron chi connectivity index (χ4n) is 0.206. The van der Waals surface area contributed by atoms with Gasteiger partial charge in [-0.05, 0) is 0 Å². The summed E-state index contributed by atoms with van der Waals surface area (Å²) in [7, 11) is 0. The Bertz CT molecular complexity index is 98.6. The summed E-state index contributed by atoms with van der Waals surface area (Å²) in [6.07, 6.45) is 0. The first-order valence-corrected chi connectivity index (χ1v) is 2.74. The average molecular weight is 199 g/mol. The van der Waals surface area contributed by atoms with E-state index in [9.17, 15) is 4.79 Å². The van der Waals surface area contributed by atoms with Crippen LogP contribution < -0.4 is 5.73 Å². The zero-order chi connectivity index (χ0) is 6.73. The van der Waals surface area contributed by atoms with Crippen LogP contribution in [0.3, 0.4) is 0 Å². The molecule has 59 valence electrons. The van der Waals surface area contributed by atoms with Gasteiger partial charge < -0.3 is 10.8 Å². The van der Waals surface area contributed by atoms with E-state index < -0.39 is 12.0 Å². The molecule has 0 spiro atoms. The smallest absolute Gasteiger partial charge is 0.321 e. The SMILES string of the molecule is CC(S)[C@H](N)C(=O)O.[Cu]. The first kappa shape index (κ1) is 12.0. The van der Waals surface area contributed by atoms with Gasteiger partial charge >= 0.3 is 5.97 Å². The number of nitrogens with two attached hydrogens (primary N) is 1. The van der Waals surface area contributed by atoms with Crippen LogP contribution in [0.4, 0.5) is 0 Å². The summed E-state index contributed by atoms with van der Waals surface area (Å²) in [6, 6.07) is -0.849. The van der Waals surface area contributed by atoms with Crippen LogP contribution in [-0.4, -0.2) is 22.4 Å².